The molecule has 45 heavy (non-hydrogen) atoms. The number of nitrogens with one attached hydrogen (secondary N) is 1. The Morgan fingerprint density at radius 1 is 0.778 bits per heavy atom. The maximum Gasteiger partial charge on any atom is 0.338 e. The van der Waals surface area contributed by atoms with Crippen LogP contribution in [0.5, 0.6) is 0 Å². The number of hydrogen-bond acceptors (Lipinski definition) is 5. The van der Waals surface area contributed by atoms with Gasteiger partial charge in [-0.25, -0.2) is 9.59 Å². The Bertz CT molecular complexity index is 1530. The quantitative estimate of drug-likeness (QED) is 0.0986. The van der Waals surface area contributed by atoms with Crippen molar-refractivity contribution in [3.8, 4) is 0 Å². The van der Waals surface area contributed by atoms with Crippen LogP contribution in [0.15, 0.2) is 103 Å². The summed E-state index contributed by atoms with van der Waals surface area (Å²) in [5.74, 6) is -1.59. The fourth-order valence-corrected chi connectivity index (χ4v) is 7.44. The summed E-state index contributed by atoms with van der Waals surface area (Å²) in [5, 5.41) is 3.12. The van der Waals surface area contributed by atoms with Gasteiger partial charge in [0.2, 0.25) is 0 Å². The summed E-state index contributed by atoms with van der Waals surface area (Å²) in [7, 11) is -0.739. The van der Waals surface area contributed by atoms with Gasteiger partial charge in [-0.2, -0.15) is 0 Å². The number of carbonyl (C=O) groups is 3. The van der Waals surface area contributed by atoms with Crippen LogP contribution in [-0.4, -0.2) is 45.6 Å². The number of carbonyl (C=O) groups excluding carboxylic acids is 3. The molecule has 1 atom stereocenters. The molecule has 0 aliphatic heterocycles. The summed E-state index contributed by atoms with van der Waals surface area (Å²) in [5.41, 5.74) is 3.34. The highest BCUT2D eigenvalue weighted by Crippen LogP contribution is 2.26. The van der Waals surface area contributed by atoms with Gasteiger partial charge in [-0.05, 0) is 73.3 Å². The van der Waals surface area contributed by atoms with Crippen molar-refractivity contribution in [2.24, 2.45) is 0 Å². The average Bonchev–Trinajstić information content (AvgIpc) is 3.01. The predicted octanol–water partition coefficient (Wildman–Crippen LogP) is 7.21. The number of esters is 2. The Labute approximate surface area is 276 Å². The largest absolute Gasteiger partial charge is 0.464 e. The monoisotopic (exact) mass is 661 g/mol. The smallest absolute Gasteiger partial charge is 0.338 e. The first-order valence-corrected chi connectivity index (χ1v) is 17.4. The van der Waals surface area contributed by atoms with E-state index >= 15 is 0 Å². The van der Waals surface area contributed by atoms with E-state index < -0.39 is 39.0 Å². The Morgan fingerprint density at radius 3 is 1.87 bits per heavy atom. The lowest BCUT2D eigenvalue weighted by Gasteiger charge is -2.21. The predicted molar refractivity (Wildman–Crippen MR) is 182 cm³/mol. The zero-order valence-electron chi connectivity index (χ0n) is 25.6. The van der Waals surface area contributed by atoms with E-state index in [9.17, 15) is 14.4 Å². The normalized spacial score (nSPS) is 12.2. The van der Waals surface area contributed by atoms with Gasteiger partial charge in [-0.15, -0.1) is 0 Å². The fraction of sp³-hybridized carbons (Fsp3) is 0.250. The van der Waals surface area contributed by atoms with E-state index in [1.54, 1.807) is 63.2 Å². The van der Waals surface area contributed by atoms with E-state index in [2.05, 4.69) is 29.6 Å². The summed E-state index contributed by atoms with van der Waals surface area (Å²) >= 11 is 12.5. The molecular formula is C36H37Cl2NO5Si. The minimum atomic E-state index is -1.02. The second kappa shape index (κ2) is 15.9. The van der Waals surface area contributed by atoms with Crippen molar-refractivity contribution in [3.05, 3.63) is 141 Å². The van der Waals surface area contributed by atoms with Gasteiger partial charge in [-0.1, -0.05) is 102 Å². The molecule has 1 amide bonds. The van der Waals surface area contributed by atoms with Crippen LogP contribution < -0.4 is 5.32 Å². The van der Waals surface area contributed by atoms with E-state index in [0.29, 0.717) is 5.56 Å². The average molecular weight is 663 g/mol. The molecule has 9 heteroatoms. The number of ether oxygens (including phenoxy) is 2. The van der Waals surface area contributed by atoms with Gasteiger partial charge in [0.05, 0.1) is 27.8 Å². The zero-order valence-corrected chi connectivity index (χ0v) is 28.5. The molecule has 0 fully saturated rings. The molecule has 1 unspecified atom stereocenters. The topological polar surface area (TPSA) is 81.7 Å². The Balaban J connectivity index is 1.46. The van der Waals surface area contributed by atoms with Crippen molar-refractivity contribution < 1.29 is 23.9 Å². The molecule has 4 rings (SSSR count). The van der Waals surface area contributed by atoms with Crippen molar-refractivity contribution in [1.29, 1.82) is 0 Å². The molecular weight excluding hydrogens is 625 g/mol. The van der Waals surface area contributed by atoms with Gasteiger partial charge in [0.15, 0.2) is 0 Å². The number of rotatable bonds is 12. The number of halogens is 2. The maximum absolute atomic E-state index is 13.4. The molecule has 0 aliphatic carbocycles. The first-order valence-electron chi connectivity index (χ1n) is 14.9. The molecule has 1 N–H and O–H groups in total. The van der Waals surface area contributed by atoms with Crippen LogP contribution in [0.3, 0.4) is 0 Å². The molecule has 6 nitrogen and oxygen atoms in total. The van der Waals surface area contributed by atoms with Crippen LogP contribution in [0.1, 0.15) is 63.7 Å². The Morgan fingerprint density at radius 2 is 1.33 bits per heavy atom. The minimum absolute atomic E-state index is 0.0832. The number of benzene rings is 4. The summed E-state index contributed by atoms with van der Waals surface area (Å²) in [6.45, 7) is 5.64. The van der Waals surface area contributed by atoms with E-state index in [1.807, 2.05) is 36.4 Å². The minimum Gasteiger partial charge on any atom is -0.464 e. The van der Waals surface area contributed by atoms with E-state index in [-0.39, 0.29) is 34.2 Å². The van der Waals surface area contributed by atoms with Gasteiger partial charge in [0, 0.05) is 15.9 Å². The van der Waals surface area contributed by atoms with Crippen molar-refractivity contribution in [2.75, 3.05) is 6.61 Å². The van der Waals surface area contributed by atoms with Gasteiger partial charge in [0.1, 0.15) is 11.6 Å². The van der Waals surface area contributed by atoms with Crippen LogP contribution in [0.25, 0.3) is 0 Å². The summed E-state index contributed by atoms with van der Waals surface area (Å²) in [6.07, 6.45) is 0.134. The highest BCUT2D eigenvalue weighted by atomic mass is 35.5. The lowest BCUT2D eigenvalue weighted by molar-refractivity contribution is -0.145. The molecule has 0 aliphatic rings. The van der Waals surface area contributed by atoms with Crippen LogP contribution >= 0.6 is 23.2 Å². The Hall–Kier alpha value is -3.91. The van der Waals surface area contributed by atoms with E-state index in [4.69, 9.17) is 32.7 Å². The van der Waals surface area contributed by atoms with E-state index in [1.165, 1.54) is 11.1 Å². The van der Waals surface area contributed by atoms with Gasteiger partial charge in [0.25, 0.3) is 5.91 Å². The van der Waals surface area contributed by atoms with Gasteiger partial charge < -0.3 is 14.8 Å². The standard InChI is InChI=1S/C36H37Cl2NO5Si/c1-36(2,3)44-34(41)27-19-17-24(18-20-27)23-30(39-33(40)31-28(37)15-10-16-29(31)38)35(42)43-21-22-45-32(25-11-6-4-7-12-25)26-13-8-5-9-14-26/h4-20,30,32H,21-23,45H2,1-3H3,(H,39,40). The molecule has 0 spiro atoms. The number of hydrogen-bond donors (Lipinski definition) is 1. The van der Waals surface area contributed by atoms with E-state index in [0.717, 1.165) is 11.6 Å². The zero-order chi connectivity index (χ0) is 32.4. The molecule has 4 aromatic carbocycles. The highest BCUT2D eigenvalue weighted by molar-refractivity contribution is 6.40. The van der Waals surface area contributed by atoms with Crippen LogP contribution in [0.2, 0.25) is 16.1 Å². The first kappa shape index (κ1) is 34.0. The lowest BCUT2D eigenvalue weighted by Crippen LogP contribution is -2.43. The lowest BCUT2D eigenvalue weighted by atomic mass is 10.0. The molecule has 0 aromatic heterocycles. The second-order valence-corrected chi connectivity index (χ2v) is 14.6. The maximum atomic E-state index is 13.4. The fourth-order valence-electron chi connectivity index (χ4n) is 4.95. The third-order valence-electron chi connectivity index (χ3n) is 7.09. The third kappa shape index (κ3) is 10.0. The summed E-state index contributed by atoms with van der Waals surface area (Å²) < 4.78 is 11.2. The molecule has 4 aromatic rings. The van der Waals surface area contributed by atoms with Gasteiger partial charge in [-0.3, -0.25) is 4.79 Å². The summed E-state index contributed by atoms with van der Waals surface area (Å²) in [4.78, 5) is 39.2. The van der Waals surface area contributed by atoms with Crippen LogP contribution in [0, 0.1) is 0 Å². The molecule has 0 saturated heterocycles. The van der Waals surface area contributed by atoms with Crippen molar-refractivity contribution in [3.63, 3.8) is 0 Å². The third-order valence-corrected chi connectivity index (χ3v) is 9.94. The van der Waals surface area contributed by atoms with Crippen LogP contribution in [0.4, 0.5) is 0 Å². The molecule has 0 saturated carbocycles. The molecule has 234 valence electrons. The van der Waals surface area contributed by atoms with Crippen molar-refractivity contribution in [2.45, 2.75) is 50.4 Å². The molecule has 0 radical (unpaired) electrons. The van der Waals surface area contributed by atoms with Crippen molar-refractivity contribution >= 4 is 50.6 Å². The molecule has 0 bridgehead atoms. The number of amides is 1. The molecule has 0 heterocycles. The van der Waals surface area contributed by atoms with Crippen LogP contribution in [-0.2, 0) is 20.7 Å². The SMILES string of the molecule is CC(C)(C)OC(=O)c1ccc(CC(NC(=O)c2c(Cl)cccc2Cl)C(=O)OCC[SiH2]C(c2ccccc2)c2ccccc2)cc1. The van der Waals surface area contributed by atoms with Crippen molar-refractivity contribution in [1.82, 2.24) is 5.32 Å². The summed E-state index contributed by atoms with van der Waals surface area (Å²) in [6, 6.07) is 31.9. The first-order chi connectivity index (χ1) is 21.5. The highest BCUT2D eigenvalue weighted by Gasteiger charge is 2.26. The van der Waals surface area contributed by atoms with Gasteiger partial charge >= 0.3 is 11.9 Å². The second-order valence-electron chi connectivity index (χ2n) is 11.7. The Kier molecular flexibility index (Phi) is 12.0.